The molecule has 0 aliphatic carbocycles. The second-order valence-electron chi connectivity index (χ2n) is 8.32. The van der Waals surface area contributed by atoms with Crippen LogP contribution in [-0.2, 0) is 20.9 Å². The summed E-state index contributed by atoms with van der Waals surface area (Å²) < 4.78 is 29.6. The topological polar surface area (TPSA) is 85.3 Å². The van der Waals surface area contributed by atoms with Gasteiger partial charge in [0, 0.05) is 18.7 Å². The van der Waals surface area contributed by atoms with Crippen LogP contribution in [0.4, 0.5) is 4.39 Å². The molecule has 0 spiro atoms. The van der Waals surface area contributed by atoms with Crippen molar-refractivity contribution in [1.29, 1.82) is 0 Å². The predicted octanol–water partition coefficient (Wildman–Crippen LogP) is 5.13. The molecule has 9 heteroatoms. The molecule has 7 nitrogen and oxygen atoms in total. The highest BCUT2D eigenvalue weighted by molar-refractivity contribution is 6.46. The summed E-state index contributed by atoms with van der Waals surface area (Å²) in [6.45, 7) is 0.494. The van der Waals surface area contributed by atoms with Gasteiger partial charge in [0.05, 0.1) is 30.9 Å². The standard InChI is InChI=1S/C28H25ClFNO6/c1-35-13-12-31-25(18-4-3-5-21(14-18)37-16-17-6-9-20(30)10-7-17)24(27(33)28(31)34)26(32)22-15-19(29)8-11-23(22)36-2/h3-11,14-15,25,32H,12-13,16H2,1-2H3/b26-24+. The van der Waals surface area contributed by atoms with Crippen LogP contribution in [0, 0.1) is 5.82 Å². The average molecular weight is 526 g/mol. The highest BCUT2D eigenvalue weighted by Gasteiger charge is 2.46. The Morgan fingerprint density at radius 1 is 1.05 bits per heavy atom. The van der Waals surface area contributed by atoms with E-state index in [2.05, 4.69) is 0 Å². The van der Waals surface area contributed by atoms with Gasteiger partial charge in [-0.25, -0.2) is 4.39 Å². The van der Waals surface area contributed by atoms with Gasteiger partial charge >= 0.3 is 0 Å². The molecule has 1 aliphatic heterocycles. The molecule has 1 heterocycles. The van der Waals surface area contributed by atoms with Gasteiger partial charge in [-0.1, -0.05) is 35.9 Å². The molecule has 3 aromatic rings. The molecule has 1 saturated heterocycles. The summed E-state index contributed by atoms with van der Waals surface area (Å²) in [4.78, 5) is 27.6. The molecule has 1 N–H and O–H groups in total. The Morgan fingerprint density at radius 2 is 1.81 bits per heavy atom. The Bertz CT molecular complexity index is 1340. The molecule has 0 aromatic heterocycles. The molecule has 1 amide bonds. The third-order valence-electron chi connectivity index (χ3n) is 5.99. The van der Waals surface area contributed by atoms with Crippen molar-refractivity contribution in [3.05, 3.63) is 99.8 Å². The highest BCUT2D eigenvalue weighted by Crippen LogP contribution is 2.42. The van der Waals surface area contributed by atoms with Gasteiger partial charge in [-0.2, -0.15) is 0 Å². The van der Waals surface area contributed by atoms with E-state index >= 15 is 0 Å². The maximum atomic E-state index is 13.2. The number of hydrogen-bond acceptors (Lipinski definition) is 6. The molecule has 3 aromatic carbocycles. The van der Waals surface area contributed by atoms with E-state index in [1.807, 2.05) is 0 Å². The first-order chi connectivity index (χ1) is 17.8. The largest absolute Gasteiger partial charge is 0.507 e. The molecule has 1 fully saturated rings. The lowest BCUT2D eigenvalue weighted by atomic mass is 9.95. The molecule has 4 rings (SSSR count). The van der Waals surface area contributed by atoms with Crippen molar-refractivity contribution in [2.45, 2.75) is 12.6 Å². The van der Waals surface area contributed by atoms with Crippen molar-refractivity contribution in [2.24, 2.45) is 0 Å². The number of rotatable bonds is 9. The zero-order valence-corrected chi connectivity index (χ0v) is 21.0. The number of nitrogens with zero attached hydrogens (tertiary/aromatic N) is 1. The molecule has 1 unspecified atom stereocenters. The third-order valence-corrected chi connectivity index (χ3v) is 6.22. The van der Waals surface area contributed by atoms with E-state index in [-0.39, 0.29) is 36.7 Å². The van der Waals surface area contributed by atoms with Gasteiger partial charge in [-0.15, -0.1) is 0 Å². The minimum absolute atomic E-state index is 0.0997. The van der Waals surface area contributed by atoms with Crippen molar-refractivity contribution in [2.75, 3.05) is 27.4 Å². The van der Waals surface area contributed by atoms with Crippen LogP contribution < -0.4 is 9.47 Å². The van der Waals surface area contributed by atoms with E-state index in [0.717, 1.165) is 5.56 Å². The first-order valence-electron chi connectivity index (χ1n) is 11.4. The maximum absolute atomic E-state index is 13.2. The van der Waals surface area contributed by atoms with E-state index in [9.17, 15) is 19.1 Å². The summed E-state index contributed by atoms with van der Waals surface area (Å²) in [7, 11) is 2.92. The number of benzene rings is 3. The summed E-state index contributed by atoms with van der Waals surface area (Å²) in [6, 6.07) is 16.6. The normalized spacial score (nSPS) is 16.8. The Hall–Kier alpha value is -3.88. The van der Waals surface area contributed by atoms with Crippen LogP contribution in [-0.4, -0.2) is 49.1 Å². The van der Waals surface area contributed by atoms with E-state index in [1.54, 1.807) is 48.5 Å². The van der Waals surface area contributed by atoms with Crippen molar-refractivity contribution >= 4 is 29.1 Å². The van der Waals surface area contributed by atoms with Gasteiger partial charge in [0.2, 0.25) is 0 Å². The minimum atomic E-state index is -0.909. The fourth-order valence-corrected chi connectivity index (χ4v) is 4.35. The SMILES string of the molecule is COCCN1C(=O)C(=O)/C(=C(/O)c2cc(Cl)ccc2OC)C1c1cccc(OCc2ccc(F)cc2)c1. The quantitative estimate of drug-likeness (QED) is 0.237. The Morgan fingerprint density at radius 3 is 2.51 bits per heavy atom. The number of Topliss-reactive ketones (excluding diaryl/α,β-unsaturated/α-hetero) is 1. The zero-order chi connectivity index (χ0) is 26.5. The number of carbonyl (C=O) groups excluding carboxylic acids is 2. The maximum Gasteiger partial charge on any atom is 0.295 e. The fraction of sp³-hybridized carbons (Fsp3) is 0.214. The molecule has 0 bridgehead atoms. The van der Waals surface area contributed by atoms with Gasteiger partial charge in [0.15, 0.2) is 0 Å². The number of ether oxygens (including phenoxy) is 3. The number of hydrogen-bond donors (Lipinski definition) is 1. The van der Waals surface area contributed by atoms with E-state index in [0.29, 0.717) is 22.1 Å². The molecule has 1 atom stereocenters. The molecule has 37 heavy (non-hydrogen) atoms. The van der Waals surface area contributed by atoms with Crippen molar-refractivity contribution in [1.82, 2.24) is 4.90 Å². The number of amides is 1. The monoisotopic (exact) mass is 525 g/mol. The van der Waals surface area contributed by atoms with Crippen LogP contribution in [0.25, 0.3) is 5.76 Å². The van der Waals surface area contributed by atoms with Crippen molar-refractivity contribution in [3.8, 4) is 11.5 Å². The van der Waals surface area contributed by atoms with Crippen LogP contribution in [0.5, 0.6) is 11.5 Å². The Balaban J connectivity index is 1.76. The zero-order valence-electron chi connectivity index (χ0n) is 20.2. The molecule has 192 valence electrons. The summed E-state index contributed by atoms with van der Waals surface area (Å²) in [6.07, 6.45) is 0. The molecular weight excluding hydrogens is 501 g/mol. The van der Waals surface area contributed by atoms with Crippen LogP contribution >= 0.6 is 11.6 Å². The van der Waals surface area contributed by atoms with Gasteiger partial charge in [-0.3, -0.25) is 9.59 Å². The lowest BCUT2D eigenvalue weighted by Gasteiger charge is -2.25. The summed E-state index contributed by atoms with van der Waals surface area (Å²) in [5.74, 6) is -1.58. The van der Waals surface area contributed by atoms with Crippen molar-refractivity contribution < 1.29 is 33.3 Å². The molecular formula is C28H25ClFNO6. The lowest BCUT2D eigenvalue weighted by Crippen LogP contribution is -2.32. The third kappa shape index (κ3) is 5.60. The van der Waals surface area contributed by atoms with Crippen LogP contribution in [0.1, 0.15) is 22.7 Å². The first kappa shape index (κ1) is 26.2. The van der Waals surface area contributed by atoms with Gasteiger partial charge < -0.3 is 24.2 Å². The van der Waals surface area contributed by atoms with Gasteiger partial charge in [0.25, 0.3) is 11.7 Å². The number of aliphatic hydroxyl groups is 1. The smallest absolute Gasteiger partial charge is 0.295 e. The van der Waals surface area contributed by atoms with Crippen LogP contribution in [0.3, 0.4) is 0 Å². The van der Waals surface area contributed by atoms with Gasteiger partial charge in [0.1, 0.15) is 29.7 Å². The second-order valence-corrected chi connectivity index (χ2v) is 8.75. The number of methoxy groups -OCH3 is 2. The molecule has 0 saturated carbocycles. The van der Waals surface area contributed by atoms with E-state index in [4.69, 9.17) is 25.8 Å². The van der Waals surface area contributed by atoms with Crippen LogP contribution in [0.2, 0.25) is 5.02 Å². The lowest BCUT2D eigenvalue weighted by molar-refractivity contribution is -0.140. The molecule has 1 aliphatic rings. The molecule has 0 radical (unpaired) electrons. The number of carbonyl (C=O) groups is 2. The predicted molar refractivity (Wildman–Crippen MR) is 136 cm³/mol. The summed E-state index contributed by atoms with van der Waals surface area (Å²) in [5.41, 5.74) is 1.41. The second kappa shape index (κ2) is 11.5. The number of ketones is 1. The average Bonchev–Trinajstić information content (AvgIpc) is 3.16. The summed E-state index contributed by atoms with van der Waals surface area (Å²) in [5, 5.41) is 11.6. The summed E-state index contributed by atoms with van der Waals surface area (Å²) >= 11 is 6.15. The number of aliphatic hydroxyl groups excluding tert-OH is 1. The van der Waals surface area contributed by atoms with Gasteiger partial charge in [-0.05, 0) is 53.6 Å². The van der Waals surface area contributed by atoms with Crippen molar-refractivity contribution in [3.63, 3.8) is 0 Å². The van der Waals surface area contributed by atoms with E-state index in [1.165, 1.54) is 37.3 Å². The first-order valence-corrected chi connectivity index (χ1v) is 11.8. The van der Waals surface area contributed by atoms with E-state index < -0.39 is 23.5 Å². The highest BCUT2D eigenvalue weighted by atomic mass is 35.5. The number of likely N-dealkylation sites (tertiary alicyclic amines) is 1. The Kier molecular flexibility index (Phi) is 8.11. The van der Waals surface area contributed by atoms with Crippen LogP contribution in [0.15, 0.2) is 72.3 Å². The Labute approximate surface area is 218 Å². The fourth-order valence-electron chi connectivity index (χ4n) is 4.18. The minimum Gasteiger partial charge on any atom is -0.507 e. The number of halogens is 2.